The maximum atomic E-state index is 2.55. The summed E-state index contributed by atoms with van der Waals surface area (Å²) in [5.74, 6) is 0.708. The molecular weight excluding hydrogens is 300 g/mol. The fraction of sp³-hybridized carbons (Fsp3) is 0.400. The maximum Gasteiger partial charge on any atom is 0.0552 e. The first-order valence-electron chi connectivity index (χ1n) is 8.50. The molecule has 0 spiro atoms. The molecule has 1 fully saturated rings. The summed E-state index contributed by atoms with van der Waals surface area (Å²) < 4.78 is 0. The van der Waals surface area contributed by atoms with Crippen LogP contribution in [0, 0.1) is 5.92 Å². The SMILES string of the molecule is C[C@@H]1C[C@@H](CN2c3ccccc3Sc3ccccc32)[C@@H](C)N1C. The lowest BCUT2D eigenvalue weighted by molar-refractivity contribution is 0.250. The standard InChI is InChI=1S/C20H24N2S/c1-14-12-16(15(2)21(14)3)13-22-17-8-4-6-10-19(17)23-20-11-7-5-9-18(20)22/h4-11,14-16H,12-13H2,1-3H3/t14-,15-,16+/m1/s1. The van der Waals surface area contributed by atoms with E-state index in [1.165, 1.54) is 27.6 Å². The second kappa shape index (κ2) is 5.88. The van der Waals surface area contributed by atoms with Gasteiger partial charge in [-0.05, 0) is 57.5 Å². The topological polar surface area (TPSA) is 6.48 Å². The molecule has 2 aliphatic heterocycles. The zero-order valence-electron chi connectivity index (χ0n) is 14.1. The van der Waals surface area contributed by atoms with Gasteiger partial charge in [0.2, 0.25) is 0 Å². The van der Waals surface area contributed by atoms with Gasteiger partial charge < -0.3 is 9.80 Å². The fourth-order valence-corrected chi connectivity index (χ4v) is 5.07. The molecule has 0 bridgehead atoms. The molecule has 2 aliphatic rings. The first-order chi connectivity index (χ1) is 11.1. The molecule has 3 heteroatoms. The average Bonchev–Trinajstić information content (AvgIpc) is 2.81. The van der Waals surface area contributed by atoms with Crippen LogP contribution in [0.15, 0.2) is 58.3 Å². The molecule has 0 N–H and O–H groups in total. The summed E-state index contributed by atoms with van der Waals surface area (Å²) in [5.41, 5.74) is 2.73. The lowest BCUT2D eigenvalue weighted by Crippen LogP contribution is -2.35. The van der Waals surface area contributed by atoms with E-state index in [0.717, 1.165) is 6.54 Å². The summed E-state index contributed by atoms with van der Waals surface area (Å²) in [5, 5.41) is 0. The van der Waals surface area contributed by atoms with Crippen molar-refractivity contribution < 1.29 is 0 Å². The number of fused-ring (bicyclic) bond motifs is 2. The Bertz CT molecular complexity index is 669. The summed E-state index contributed by atoms with van der Waals surface area (Å²) >= 11 is 1.89. The first-order valence-corrected chi connectivity index (χ1v) is 9.32. The van der Waals surface area contributed by atoms with E-state index in [4.69, 9.17) is 0 Å². The van der Waals surface area contributed by atoms with Gasteiger partial charge in [-0.15, -0.1) is 0 Å². The summed E-state index contributed by atoms with van der Waals surface area (Å²) in [4.78, 5) is 7.83. The number of para-hydroxylation sites is 2. The lowest BCUT2D eigenvalue weighted by atomic mass is 9.99. The minimum atomic E-state index is 0.638. The molecule has 0 saturated carbocycles. The Morgan fingerprint density at radius 2 is 1.52 bits per heavy atom. The van der Waals surface area contributed by atoms with Crippen LogP contribution in [0.1, 0.15) is 20.3 Å². The van der Waals surface area contributed by atoms with Gasteiger partial charge >= 0.3 is 0 Å². The third-order valence-corrected chi connectivity index (χ3v) is 6.74. The molecule has 4 rings (SSSR count). The van der Waals surface area contributed by atoms with Gasteiger partial charge in [0, 0.05) is 28.4 Å². The van der Waals surface area contributed by atoms with Crippen molar-refractivity contribution in [3.63, 3.8) is 0 Å². The van der Waals surface area contributed by atoms with E-state index in [0.29, 0.717) is 18.0 Å². The molecule has 0 amide bonds. The van der Waals surface area contributed by atoms with Crippen LogP contribution in [0.2, 0.25) is 0 Å². The number of hydrogen-bond donors (Lipinski definition) is 0. The Morgan fingerprint density at radius 1 is 0.957 bits per heavy atom. The molecule has 0 radical (unpaired) electrons. The summed E-state index contributed by atoms with van der Waals surface area (Å²) in [6.45, 7) is 5.83. The largest absolute Gasteiger partial charge is 0.339 e. The molecule has 120 valence electrons. The maximum absolute atomic E-state index is 2.55. The van der Waals surface area contributed by atoms with Crippen LogP contribution < -0.4 is 4.90 Å². The second-order valence-corrected chi connectivity index (χ2v) is 7.98. The highest BCUT2D eigenvalue weighted by atomic mass is 32.2. The molecule has 0 aliphatic carbocycles. The summed E-state index contributed by atoms with van der Waals surface area (Å²) in [6.07, 6.45) is 1.28. The lowest BCUT2D eigenvalue weighted by Gasteiger charge is -2.35. The van der Waals surface area contributed by atoms with Crippen molar-refractivity contribution in [1.82, 2.24) is 4.90 Å². The van der Waals surface area contributed by atoms with E-state index in [9.17, 15) is 0 Å². The van der Waals surface area contributed by atoms with Gasteiger partial charge in [-0.1, -0.05) is 36.0 Å². The summed E-state index contributed by atoms with van der Waals surface area (Å²) in [7, 11) is 2.27. The quantitative estimate of drug-likeness (QED) is 0.766. The Morgan fingerprint density at radius 3 is 2.04 bits per heavy atom. The average molecular weight is 324 g/mol. The molecular formula is C20H24N2S. The van der Waals surface area contributed by atoms with Crippen LogP contribution in [-0.4, -0.2) is 30.6 Å². The van der Waals surface area contributed by atoms with Gasteiger partial charge in [0.15, 0.2) is 0 Å². The van der Waals surface area contributed by atoms with Crippen LogP contribution in [0.4, 0.5) is 11.4 Å². The van der Waals surface area contributed by atoms with Gasteiger partial charge in [0.05, 0.1) is 11.4 Å². The van der Waals surface area contributed by atoms with E-state index < -0.39 is 0 Å². The van der Waals surface area contributed by atoms with Crippen LogP contribution in [0.3, 0.4) is 0 Å². The highest BCUT2D eigenvalue weighted by Gasteiger charge is 2.36. The van der Waals surface area contributed by atoms with E-state index in [2.05, 4.69) is 79.2 Å². The smallest absolute Gasteiger partial charge is 0.0552 e. The zero-order chi connectivity index (χ0) is 16.0. The van der Waals surface area contributed by atoms with Gasteiger partial charge in [-0.2, -0.15) is 0 Å². The van der Waals surface area contributed by atoms with Crippen LogP contribution >= 0.6 is 11.8 Å². The number of anilines is 2. The Balaban J connectivity index is 1.71. The number of benzene rings is 2. The number of likely N-dealkylation sites (tertiary alicyclic amines) is 1. The number of rotatable bonds is 2. The Hall–Kier alpha value is -1.45. The van der Waals surface area contributed by atoms with Crippen molar-refractivity contribution in [2.45, 2.75) is 42.1 Å². The highest BCUT2D eigenvalue weighted by Crippen LogP contribution is 2.48. The minimum Gasteiger partial charge on any atom is -0.339 e. The fourth-order valence-electron chi connectivity index (χ4n) is 3.97. The highest BCUT2D eigenvalue weighted by molar-refractivity contribution is 7.99. The van der Waals surface area contributed by atoms with E-state index in [-0.39, 0.29) is 0 Å². The van der Waals surface area contributed by atoms with Gasteiger partial charge in [0.1, 0.15) is 0 Å². The zero-order valence-corrected chi connectivity index (χ0v) is 14.9. The van der Waals surface area contributed by atoms with Crippen molar-refractivity contribution in [1.29, 1.82) is 0 Å². The van der Waals surface area contributed by atoms with Crippen LogP contribution in [-0.2, 0) is 0 Å². The van der Waals surface area contributed by atoms with Crippen LogP contribution in [0.5, 0.6) is 0 Å². The molecule has 0 unspecified atom stereocenters. The molecule has 2 heterocycles. The Kier molecular flexibility index (Phi) is 3.86. The first kappa shape index (κ1) is 15.1. The van der Waals surface area contributed by atoms with Gasteiger partial charge in [0.25, 0.3) is 0 Å². The second-order valence-electron chi connectivity index (χ2n) is 6.90. The molecule has 2 aromatic carbocycles. The third-order valence-electron chi connectivity index (χ3n) is 5.61. The normalized spacial score (nSPS) is 26.9. The minimum absolute atomic E-state index is 0.638. The van der Waals surface area contributed by atoms with Crippen molar-refractivity contribution >= 4 is 23.1 Å². The van der Waals surface area contributed by atoms with Crippen molar-refractivity contribution in [2.75, 3.05) is 18.5 Å². The molecule has 1 saturated heterocycles. The molecule has 2 nitrogen and oxygen atoms in total. The van der Waals surface area contributed by atoms with E-state index in [1.54, 1.807) is 0 Å². The third kappa shape index (κ3) is 2.56. The predicted molar refractivity (Wildman–Crippen MR) is 98.8 cm³/mol. The predicted octanol–water partition coefficient (Wildman–Crippen LogP) is 5.02. The Labute approximate surface area is 143 Å². The number of nitrogens with zero attached hydrogens (tertiary/aromatic N) is 2. The van der Waals surface area contributed by atoms with Gasteiger partial charge in [-0.3, -0.25) is 0 Å². The molecule has 23 heavy (non-hydrogen) atoms. The monoisotopic (exact) mass is 324 g/mol. The van der Waals surface area contributed by atoms with Gasteiger partial charge in [-0.25, -0.2) is 0 Å². The summed E-state index contributed by atoms with van der Waals surface area (Å²) in [6, 6.07) is 19.0. The molecule has 0 aromatic heterocycles. The molecule has 2 aromatic rings. The van der Waals surface area contributed by atoms with Crippen molar-refractivity contribution in [3.8, 4) is 0 Å². The van der Waals surface area contributed by atoms with Crippen LogP contribution in [0.25, 0.3) is 0 Å². The number of hydrogen-bond acceptors (Lipinski definition) is 3. The van der Waals surface area contributed by atoms with Crippen molar-refractivity contribution in [3.05, 3.63) is 48.5 Å². The van der Waals surface area contributed by atoms with Crippen molar-refractivity contribution in [2.24, 2.45) is 5.92 Å². The molecule has 3 atom stereocenters. The van der Waals surface area contributed by atoms with E-state index >= 15 is 0 Å². The van der Waals surface area contributed by atoms with E-state index in [1.807, 2.05) is 11.8 Å².